The maximum absolute atomic E-state index is 13.3. The molecule has 4 aliphatic carbocycles. The van der Waals surface area contributed by atoms with E-state index < -0.39 is 11.5 Å². The van der Waals surface area contributed by atoms with Crippen molar-refractivity contribution < 1.29 is 19.1 Å². The fourth-order valence-electron chi connectivity index (χ4n) is 6.62. The molecule has 0 heterocycles. The number of ether oxygens (including phenoxy) is 1. The zero-order chi connectivity index (χ0) is 23.3. The minimum absolute atomic E-state index is 0.0574. The Hall–Kier alpha value is -1.79. The molecular weight excluding hydrogens is 451 g/mol. The lowest BCUT2D eigenvalue weighted by atomic mass is 9.47. The number of halogens is 2. The topological polar surface area (TPSA) is 84.5 Å². The SMILES string of the molecule is CC(=O)NC12C[C@H]3C[C@H](C1)CC(C(=O)O[C@H](C)C(=O)N[C@@H](C)c1ccc(Cl)cc1Cl)(C3)C2. The number of carbonyl (C=O) groups is 3. The van der Waals surface area contributed by atoms with Gasteiger partial charge >= 0.3 is 5.97 Å². The first-order valence-corrected chi connectivity index (χ1v) is 12.0. The molecule has 6 nitrogen and oxygen atoms in total. The van der Waals surface area contributed by atoms with Crippen LogP contribution in [-0.4, -0.2) is 29.4 Å². The van der Waals surface area contributed by atoms with Crippen LogP contribution >= 0.6 is 23.2 Å². The fourth-order valence-corrected chi connectivity index (χ4v) is 7.19. The first-order valence-electron chi connectivity index (χ1n) is 11.3. The summed E-state index contributed by atoms with van der Waals surface area (Å²) < 4.78 is 5.72. The summed E-state index contributed by atoms with van der Waals surface area (Å²) in [6.07, 6.45) is 4.16. The average molecular weight is 481 g/mol. The standard InChI is InChI=1S/C24H30Cl2N2O4/c1-13(19-5-4-18(25)7-20(19)26)27-21(30)14(2)32-22(31)23-8-16-6-17(9-23)11-24(10-16,12-23)28-15(3)29/h4-5,7,13-14,16-17H,6,8-12H2,1-3H3,(H,27,30)(H,28,29)/t13-,14+,16-,17-,23?,24?/m0/s1. The molecule has 0 aromatic heterocycles. The molecule has 4 aliphatic rings. The van der Waals surface area contributed by atoms with E-state index in [4.69, 9.17) is 27.9 Å². The highest BCUT2D eigenvalue weighted by Crippen LogP contribution is 2.62. The van der Waals surface area contributed by atoms with Gasteiger partial charge in [0, 0.05) is 22.5 Å². The van der Waals surface area contributed by atoms with Crippen LogP contribution in [0.25, 0.3) is 0 Å². The second kappa shape index (κ2) is 8.53. The Labute approximate surface area is 198 Å². The summed E-state index contributed by atoms with van der Waals surface area (Å²) in [5, 5.41) is 7.00. The normalized spacial score (nSPS) is 32.2. The number of carbonyl (C=O) groups excluding carboxylic acids is 3. The summed E-state index contributed by atoms with van der Waals surface area (Å²) in [5.74, 6) is 0.0658. The van der Waals surface area contributed by atoms with Gasteiger partial charge in [0.2, 0.25) is 5.91 Å². The Kier molecular flexibility index (Phi) is 6.23. The van der Waals surface area contributed by atoms with Crippen molar-refractivity contribution in [2.24, 2.45) is 17.3 Å². The first kappa shape index (κ1) is 23.4. The van der Waals surface area contributed by atoms with E-state index >= 15 is 0 Å². The predicted molar refractivity (Wildman–Crippen MR) is 122 cm³/mol. The van der Waals surface area contributed by atoms with Gasteiger partial charge in [-0.3, -0.25) is 14.4 Å². The van der Waals surface area contributed by atoms with Crippen LogP contribution in [-0.2, 0) is 19.1 Å². The van der Waals surface area contributed by atoms with E-state index in [-0.39, 0.29) is 29.4 Å². The van der Waals surface area contributed by atoms with Crippen LogP contribution in [0.3, 0.4) is 0 Å². The number of nitrogens with one attached hydrogen (secondary N) is 2. The highest BCUT2D eigenvalue weighted by atomic mass is 35.5. The minimum Gasteiger partial charge on any atom is -0.452 e. The molecule has 8 heteroatoms. The molecule has 0 saturated heterocycles. The molecule has 4 saturated carbocycles. The summed E-state index contributed by atoms with van der Waals surface area (Å²) in [6, 6.07) is 4.74. The Morgan fingerprint density at radius 2 is 1.75 bits per heavy atom. The Morgan fingerprint density at radius 3 is 2.34 bits per heavy atom. The second-order valence-electron chi connectivity index (χ2n) is 10.1. The van der Waals surface area contributed by atoms with Crippen LogP contribution < -0.4 is 10.6 Å². The van der Waals surface area contributed by atoms with E-state index in [9.17, 15) is 14.4 Å². The third kappa shape index (κ3) is 4.49. The van der Waals surface area contributed by atoms with Crippen molar-refractivity contribution in [2.45, 2.75) is 77.0 Å². The molecular formula is C24H30Cl2N2O4. The lowest BCUT2D eigenvalue weighted by Crippen LogP contribution is -2.65. The van der Waals surface area contributed by atoms with E-state index in [1.165, 1.54) is 6.92 Å². The Bertz CT molecular complexity index is 936. The van der Waals surface area contributed by atoms with Crippen LogP contribution in [0.5, 0.6) is 0 Å². The van der Waals surface area contributed by atoms with Crippen molar-refractivity contribution in [2.75, 3.05) is 0 Å². The summed E-state index contributed by atoms with van der Waals surface area (Å²) in [6.45, 7) is 4.94. The van der Waals surface area contributed by atoms with Crippen molar-refractivity contribution >= 4 is 41.0 Å². The van der Waals surface area contributed by atoms with Crippen LogP contribution in [0.4, 0.5) is 0 Å². The summed E-state index contributed by atoms with van der Waals surface area (Å²) in [5.41, 5.74) is -0.201. The van der Waals surface area contributed by atoms with Gasteiger partial charge in [0.15, 0.2) is 6.10 Å². The molecule has 2 N–H and O–H groups in total. The van der Waals surface area contributed by atoms with Crippen molar-refractivity contribution in [3.05, 3.63) is 33.8 Å². The van der Waals surface area contributed by atoms with Crippen LogP contribution in [0.15, 0.2) is 18.2 Å². The molecule has 174 valence electrons. The van der Waals surface area contributed by atoms with Crippen molar-refractivity contribution in [3.63, 3.8) is 0 Å². The zero-order valence-corrected chi connectivity index (χ0v) is 20.2. The smallest absolute Gasteiger partial charge is 0.312 e. The van der Waals surface area contributed by atoms with Gasteiger partial charge in [-0.05, 0) is 81.9 Å². The Morgan fingerprint density at radius 1 is 1.09 bits per heavy atom. The van der Waals surface area contributed by atoms with Gasteiger partial charge in [-0.2, -0.15) is 0 Å². The summed E-state index contributed by atoms with van der Waals surface area (Å²) in [4.78, 5) is 37.9. The molecule has 0 spiro atoms. The lowest BCUT2D eigenvalue weighted by Gasteiger charge is -2.60. The number of benzene rings is 1. The highest BCUT2D eigenvalue weighted by molar-refractivity contribution is 6.35. The highest BCUT2D eigenvalue weighted by Gasteiger charge is 2.61. The molecule has 0 unspecified atom stereocenters. The van der Waals surface area contributed by atoms with Gasteiger partial charge in [0.05, 0.1) is 11.5 Å². The minimum atomic E-state index is -0.930. The van der Waals surface area contributed by atoms with Crippen LogP contribution in [0.2, 0.25) is 10.0 Å². The summed E-state index contributed by atoms with van der Waals surface area (Å²) in [7, 11) is 0. The van der Waals surface area contributed by atoms with Crippen molar-refractivity contribution in [1.29, 1.82) is 0 Å². The third-order valence-electron chi connectivity index (χ3n) is 7.38. The largest absolute Gasteiger partial charge is 0.452 e. The molecule has 32 heavy (non-hydrogen) atoms. The van der Waals surface area contributed by atoms with Crippen LogP contribution in [0.1, 0.15) is 70.9 Å². The molecule has 5 rings (SSSR count). The third-order valence-corrected chi connectivity index (χ3v) is 7.94. The summed E-state index contributed by atoms with van der Waals surface area (Å²) >= 11 is 12.2. The predicted octanol–water partition coefficient (Wildman–Crippen LogP) is 4.58. The van der Waals surface area contributed by atoms with Crippen LogP contribution in [0, 0.1) is 17.3 Å². The quantitative estimate of drug-likeness (QED) is 0.583. The van der Waals surface area contributed by atoms with Gasteiger partial charge < -0.3 is 15.4 Å². The number of hydrogen-bond donors (Lipinski definition) is 2. The van der Waals surface area contributed by atoms with Gasteiger partial charge in [-0.1, -0.05) is 29.3 Å². The van der Waals surface area contributed by atoms with Crippen molar-refractivity contribution in [3.8, 4) is 0 Å². The maximum Gasteiger partial charge on any atom is 0.312 e. The number of rotatable bonds is 6. The number of esters is 1. The molecule has 4 fully saturated rings. The second-order valence-corrected chi connectivity index (χ2v) is 11.0. The van der Waals surface area contributed by atoms with E-state index in [0.29, 0.717) is 28.3 Å². The molecule has 4 bridgehead atoms. The Balaban J connectivity index is 1.42. The molecule has 1 aromatic rings. The van der Waals surface area contributed by atoms with Gasteiger partial charge in [0.25, 0.3) is 5.91 Å². The number of amides is 2. The maximum atomic E-state index is 13.3. The molecule has 2 amide bonds. The average Bonchev–Trinajstić information content (AvgIpc) is 2.65. The molecule has 0 radical (unpaired) electrons. The van der Waals surface area contributed by atoms with Gasteiger partial charge in [0.1, 0.15) is 0 Å². The lowest BCUT2D eigenvalue weighted by molar-refractivity contribution is -0.182. The van der Waals surface area contributed by atoms with E-state index in [0.717, 1.165) is 37.7 Å². The van der Waals surface area contributed by atoms with E-state index in [1.807, 2.05) is 6.92 Å². The van der Waals surface area contributed by atoms with E-state index in [1.54, 1.807) is 25.1 Å². The zero-order valence-electron chi connectivity index (χ0n) is 18.7. The first-order chi connectivity index (χ1) is 15.0. The van der Waals surface area contributed by atoms with Crippen molar-refractivity contribution in [1.82, 2.24) is 10.6 Å². The number of hydrogen-bond acceptors (Lipinski definition) is 4. The molecule has 0 aliphatic heterocycles. The molecule has 4 atom stereocenters. The molecule has 1 aromatic carbocycles. The monoisotopic (exact) mass is 480 g/mol. The fraction of sp³-hybridized carbons (Fsp3) is 0.625. The van der Waals surface area contributed by atoms with Gasteiger partial charge in [-0.15, -0.1) is 0 Å². The van der Waals surface area contributed by atoms with Gasteiger partial charge in [-0.25, -0.2) is 0 Å². The van der Waals surface area contributed by atoms with E-state index in [2.05, 4.69) is 10.6 Å².